The highest BCUT2D eigenvalue weighted by atomic mass is 16.2. The molecule has 4 heteroatoms. The minimum Gasteiger partial charge on any atom is -0.340 e. The Bertz CT molecular complexity index is 382. The molecule has 1 unspecified atom stereocenters. The maximum absolute atomic E-state index is 13.0. The van der Waals surface area contributed by atoms with E-state index in [0.717, 1.165) is 38.5 Å². The highest BCUT2D eigenvalue weighted by Crippen LogP contribution is 2.36. The van der Waals surface area contributed by atoms with Gasteiger partial charge in [0.25, 0.3) is 0 Å². The Hall–Kier alpha value is -1.06. The summed E-state index contributed by atoms with van der Waals surface area (Å²) in [5, 5.41) is 3.05. The van der Waals surface area contributed by atoms with E-state index in [0.29, 0.717) is 6.04 Å². The Labute approximate surface area is 114 Å². The zero-order valence-corrected chi connectivity index (χ0v) is 11.8. The predicted molar refractivity (Wildman–Crippen MR) is 72.5 cm³/mol. The van der Waals surface area contributed by atoms with Gasteiger partial charge in [-0.1, -0.05) is 32.1 Å². The lowest BCUT2D eigenvalue weighted by Crippen LogP contribution is -2.71. The van der Waals surface area contributed by atoms with E-state index in [4.69, 9.17) is 0 Å². The molecule has 3 aliphatic rings. The van der Waals surface area contributed by atoms with E-state index in [1.54, 1.807) is 0 Å². The SMILES string of the molecule is CC1C(=O)NC2(CCCCC2)C(=O)N1C1CCCC1. The highest BCUT2D eigenvalue weighted by molar-refractivity contribution is 5.99. The fraction of sp³-hybridized carbons (Fsp3) is 0.867. The van der Waals surface area contributed by atoms with Crippen LogP contribution in [-0.4, -0.2) is 34.3 Å². The fourth-order valence-corrected chi connectivity index (χ4v) is 4.10. The zero-order valence-electron chi connectivity index (χ0n) is 11.8. The molecule has 1 aliphatic heterocycles. The number of hydrogen-bond acceptors (Lipinski definition) is 2. The molecule has 3 fully saturated rings. The molecule has 106 valence electrons. The number of amides is 2. The molecule has 2 saturated carbocycles. The van der Waals surface area contributed by atoms with Crippen LogP contribution >= 0.6 is 0 Å². The summed E-state index contributed by atoms with van der Waals surface area (Å²) in [6, 6.07) is 0.00973. The van der Waals surface area contributed by atoms with Crippen LogP contribution in [0.25, 0.3) is 0 Å². The molecule has 19 heavy (non-hydrogen) atoms. The van der Waals surface area contributed by atoms with Crippen molar-refractivity contribution in [3.63, 3.8) is 0 Å². The van der Waals surface area contributed by atoms with Gasteiger partial charge in [0, 0.05) is 6.04 Å². The summed E-state index contributed by atoms with van der Waals surface area (Å²) < 4.78 is 0. The van der Waals surface area contributed by atoms with E-state index >= 15 is 0 Å². The maximum Gasteiger partial charge on any atom is 0.249 e. The molecule has 1 saturated heterocycles. The van der Waals surface area contributed by atoms with Gasteiger partial charge >= 0.3 is 0 Å². The van der Waals surface area contributed by atoms with Crippen LogP contribution in [0.4, 0.5) is 0 Å². The number of carbonyl (C=O) groups is 2. The Morgan fingerprint density at radius 2 is 1.68 bits per heavy atom. The van der Waals surface area contributed by atoms with Crippen LogP contribution in [0.3, 0.4) is 0 Å². The number of nitrogens with zero attached hydrogens (tertiary/aromatic N) is 1. The minimum absolute atomic E-state index is 0.0494. The van der Waals surface area contributed by atoms with Gasteiger partial charge in [-0.2, -0.15) is 0 Å². The number of hydrogen-bond donors (Lipinski definition) is 1. The Balaban J connectivity index is 1.88. The van der Waals surface area contributed by atoms with Crippen LogP contribution in [-0.2, 0) is 9.59 Å². The van der Waals surface area contributed by atoms with Gasteiger partial charge in [-0.05, 0) is 32.6 Å². The first-order chi connectivity index (χ1) is 9.14. The van der Waals surface area contributed by atoms with Crippen molar-refractivity contribution in [2.75, 3.05) is 0 Å². The summed E-state index contributed by atoms with van der Waals surface area (Å²) in [5.74, 6) is 0.250. The molecular weight excluding hydrogens is 240 g/mol. The molecule has 1 N–H and O–H groups in total. The van der Waals surface area contributed by atoms with Gasteiger partial charge in [0.05, 0.1) is 0 Å². The highest BCUT2D eigenvalue weighted by Gasteiger charge is 2.51. The zero-order chi connectivity index (χ0) is 13.5. The van der Waals surface area contributed by atoms with Gasteiger partial charge in [-0.25, -0.2) is 0 Å². The third kappa shape index (κ3) is 2.05. The van der Waals surface area contributed by atoms with Gasteiger partial charge in [-0.3, -0.25) is 9.59 Å². The van der Waals surface area contributed by atoms with Crippen molar-refractivity contribution in [2.24, 2.45) is 0 Å². The standard InChI is InChI=1S/C15H24N2O2/c1-11-13(18)16-15(9-5-2-6-10-15)14(19)17(11)12-7-3-4-8-12/h11-12H,2-10H2,1H3,(H,16,18). The van der Waals surface area contributed by atoms with E-state index in [1.807, 2.05) is 11.8 Å². The Morgan fingerprint density at radius 1 is 1.05 bits per heavy atom. The molecule has 0 radical (unpaired) electrons. The summed E-state index contributed by atoms with van der Waals surface area (Å²) in [6.45, 7) is 1.88. The molecule has 1 atom stereocenters. The fourth-order valence-electron chi connectivity index (χ4n) is 4.10. The predicted octanol–water partition coefficient (Wildman–Crippen LogP) is 1.98. The second kappa shape index (κ2) is 4.80. The monoisotopic (exact) mass is 264 g/mol. The van der Waals surface area contributed by atoms with Crippen LogP contribution in [0, 0.1) is 0 Å². The first kappa shape index (κ1) is 12.9. The summed E-state index contributed by atoms with van der Waals surface area (Å²) in [7, 11) is 0. The quantitative estimate of drug-likeness (QED) is 0.787. The van der Waals surface area contributed by atoms with Crippen LogP contribution in [0.1, 0.15) is 64.7 Å². The van der Waals surface area contributed by atoms with Gasteiger partial charge in [-0.15, -0.1) is 0 Å². The van der Waals surface area contributed by atoms with Gasteiger partial charge in [0.1, 0.15) is 11.6 Å². The lowest BCUT2D eigenvalue weighted by molar-refractivity contribution is -0.158. The van der Waals surface area contributed by atoms with Crippen molar-refractivity contribution in [1.82, 2.24) is 10.2 Å². The number of nitrogens with one attached hydrogen (secondary N) is 1. The molecule has 1 spiro atoms. The molecule has 0 aromatic heterocycles. The van der Waals surface area contributed by atoms with E-state index in [1.165, 1.54) is 19.3 Å². The number of rotatable bonds is 1. The average Bonchev–Trinajstić information content (AvgIpc) is 2.92. The number of piperazine rings is 1. The van der Waals surface area contributed by atoms with Gasteiger partial charge < -0.3 is 10.2 Å². The second-order valence-corrected chi connectivity index (χ2v) is 6.46. The van der Waals surface area contributed by atoms with Crippen molar-refractivity contribution in [3.05, 3.63) is 0 Å². The molecule has 3 rings (SSSR count). The Kier molecular flexibility index (Phi) is 3.27. The Morgan fingerprint density at radius 3 is 2.32 bits per heavy atom. The third-order valence-electron chi connectivity index (χ3n) is 5.23. The van der Waals surface area contributed by atoms with Crippen molar-refractivity contribution >= 4 is 11.8 Å². The summed E-state index contributed by atoms with van der Waals surface area (Å²) in [4.78, 5) is 27.2. The molecular formula is C15H24N2O2. The summed E-state index contributed by atoms with van der Waals surface area (Å²) in [5.41, 5.74) is -0.565. The van der Waals surface area contributed by atoms with Crippen molar-refractivity contribution in [1.29, 1.82) is 0 Å². The third-order valence-corrected chi connectivity index (χ3v) is 5.23. The lowest BCUT2D eigenvalue weighted by atomic mass is 9.78. The molecule has 0 aromatic rings. The molecule has 2 amide bonds. The molecule has 0 bridgehead atoms. The minimum atomic E-state index is -0.565. The van der Waals surface area contributed by atoms with Gasteiger partial charge in [0.2, 0.25) is 11.8 Å². The maximum atomic E-state index is 13.0. The first-order valence-corrected chi connectivity index (χ1v) is 7.79. The molecule has 0 aromatic carbocycles. The normalized spacial score (nSPS) is 31.8. The van der Waals surface area contributed by atoms with E-state index in [2.05, 4.69) is 5.32 Å². The van der Waals surface area contributed by atoms with Gasteiger partial charge in [0.15, 0.2) is 0 Å². The lowest BCUT2D eigenvalue weighted by Gasteiger charge is -2.49. The van der Waals surface area contributed by atoms with Crippen molar-refractivity contribution in [2.45, 2.75) is 82.3 Å². The number of carbonyl (C=O) groups excluding carboxylic acids is 2. The van der Waals surface area contributed by atoms with E-state index < -0.39 is 5.54 Å². The van der Waals surface area contributed by atoms with Crippen LogP contribution in [0.2, 0.25) is 0 Å². The summed E-state index contributed by atoms with van der Waals surface area (Å²) in [6.07, 6.45) is 9.47. The first-order valence-electron chi connectivity index (χ1n) is 7.79. The largest absolute Gasteiger partial charge is 0.340 e. The topological polar surface area (TPSA) is 49.4 Å². The second-order valence-electron chi connectivity index (χ2n) is 6.46. The molecule has 4 nitrogen and oxygen atoms in total. The average molecular weight is 264 g/mol. The van der Waals surface area contributed by atoms with Crippen molar-refractivity contribution < 1.29 is 9.59 Å². The smallest absolute Gasteiger partial charge is 0.249 e. The van der Waals surface area contributed by atoms with Crippen molar-refractivity contribution in [3.8, 4) is 0 Å². The van der Waals surface area contributed by atoms with Crippen LogP contribution < -0.4 is 5.32 Å². The van der Waals surface area contributed by atoms with Crippen LogP contribution in [0.15, 0.2) is 0 Å². The molecule has 1 heterocycles. The van der Waals surface area contributed by atoms with E-state index in [9.17, 15) is 9.59 Å². The summed E-state index contributed by atoms with van der Waals surface area (Å²) >= 11 is 0. The van der Waals surface area contributed by atoms with E-state index in [-0.39, 0.29) is 17.9 Å². The molecule has 2 aliphatic carbocycles. The van der Waals surface area contributed by atoms with Crippen LogP contribution in [0.5, 0.6) is 0 Å².